The molecule has 1 rings (SSSR count). The molecule has 0 heterocycles. The predicted octanol–water partition coefficient (Wildman–Crippen LogP) is 1.98. The fourth-order valence-electron chi connectivity index (χ4n) is 1.29. The molecular formula is C13H18O4. The monoisotopic (exact) mass is 238 g/mol. The Hall–Kier alpha value is -1.55. The molecule has 17 heavy (non-hydrogen) atoms. The Morgan fingerprint density at radius 2 is 2.06 bits per heavy atom. The number of benzene rings is 1. The van der Waals surface area contributed by atoms with Crippen molar-refractivity contribution in [3.8, 4) is 5.75 Å². The number of ether oxygens (including phenoxy) is 1. The zero-order valence-electron chi connectivity index (χ0n) is 10.4. The fraction of sp³-hybridized carbons (Fsp3) is 0.462. The minimum Gasteiger partial charge on any atom is -0.492 e. The number of carbonyl (C=O) groups is 1. The Kier molecular flexibility index (Phi) is 4.12. The van der Waals surface area contributed by atoms with Crippen LogP contribution in [0, 0.1) is 12.3 Å². The van der Waals surface area contributed by atoms with Crippen LogP contribution in [-0.4, -0.2) is 22.8 Å². The molecule has 0 spiro atoms. The molecule has 0 aliphatic heterocycles. The van der Waals surface area contributed by atoms with Gasteiger partial charge in [-0.25, -0.2) is 0 Å². The Balaban J connectivity index is 2.79. The van der Waals surface area contributed by atoms with Crippen molar-refractivity contribution in [1.82, 2.24) is 0 Å². The lowest BCUT2D eigenvalue weighted by Gasteiger charge is -2.20. The number of carboxylic acids is 1. The van der Waals surface area contributed by atoms with Crippen molar-refractivity contribution in [2.24, 2.45) is 5.41 Å². The van der Waals surface area contributed by atoms with Gasteiger partial charge in [0.1, 0.15) is 12.4 Å². The van der Waals surface area contributed by atoms with Crippen LogP contribution < -0.4 is 4.74 Å². The molecule has 0 aliphatic carbocycles. The van der Waals surface area contributed by atoms with E-state index in [4.69, 9.17) is 9.84 Å². The number of carboxylic acid groups (broad SMARTS) is 1. The quantitative estimate of drug-likeness (QED) is 0.823. The highest BCUT2D eigenvalue weighted by atomic mass is 16.5. The molecule has 0 fully saturated rings. The lowest BCUT2D eigenvalue weighted by Crippen LogP contribution is -2.30. The lowest BCUT2D eigenvalue weighted by atomic mass is 9.95. The molecule has 94 valence electrons. The largest absolute Gasteiger partial charge is 0.492 e. The summed E-state index contributed by atoms with van der Waals surface area (Å²) in [5, 5.41) is 18.1. The standard InChI is InChI=1S/C13H18O4/c1-9-4-5-11(10(6-9)7-14)17-8-13(2,3)12(15)16/h4-6,14H,7-8H2,1-3H3,(H,15,16). The Labute approximate surface area is 101 Å². The highest BCUT2D eigenvalue weighted by Crippen LogP contribution is 2.23. The summed E-state index contributed by atoms with van der Waals surface area (Å²) in [6.45, 7) is 5.07. The average Bonchev–Trinajstić information content (AvgIpc) is 2.27. The van der Waals surface area contributed by atoms with Crippen LogP contribution in [0.3, 0.4) is 0 Å². The number of hydrogen-bond acceptors (Lipinski definition) is 3. The molecule has 0 saturated heterocycles. The summed E-state index contributed by atoms with van der Waals surface area (Å²) in [7, 11) is 0. The first-order valence-electron chi connectivity index (χ1n) is 5.43. The number of hydrogen-bond donors (Lipinski definition) is 2. The molecule has 0 bridgehead atoms. The Bertz CT molecular complexity index is 410. The third-order valence-corrected chi connectivity index (χ3v) is 2.55. The fourth-order valence-corrected chi connectivity index (χ4v) is 1.29. The molecule has 4 heteroatoms. The molecular weight excluding hydrogens is 220 g/mol. The van der Waals surface area contributed by atoms with E-state index in [0.717, 1.165) is 5.56 Å². The van der Waals surface area contributed by atoms with Gasteiger partial charge < -0.3 is 14.9 Å². The van der Waals surface area contributed by atoms with Crippen LogP contribution in [0.2, 0.25) is 0 Å². The molecule has 0 unspecified atom stereocenters. The van der Waals surface area contributed by atoms with Crippen LogP contribution >= 0.6 is 0 Å². The van der Waals surface area contributed by atoms with E-state index < -0.39 is 11.4 Å². The van der Waals surface area contributed by atoms with Crippen LogP contribution in [0.1, 0.15) is 25.0 Å². The van der Waals surface area contributed by atoms with E-state index in [9.17, 15) is 9.90 Å². The van der Waals surface area contributed by atoms with E-state index in [1.807, 2.05) is 19.1 Å². The van der Waals surface area contributed by atoms with Gasteiger partial charge in [0.25, 0.3) is 0 Å². The van der Waals surface area contributed by atoms with Gasteiger partial charge in [-0.3, -0.25) is 4.79 Å². The van der Waals surface area contributed by atoms with Gasteiger partial charge in [-0.05, 0) is 26.8 Å². The van der Waals surface area contributed by atoms with Crippen molar-refractivity contribution in [3.63, 3.8) is 0 Å². The van der Waals surface area contributed by atoms with Crippen LogP contribution in [-0.2, 0) is 11.4 Å². The minimum atomic E-state index is -0.947. The van der Waals surface area contributed by atoms with Gasteiger partial charge in [0, 0.05) is 5.56 Å². The number of aliphatic hydroxyl groups excluding tert-OH is 1. The van der Waals surface area contributed by atoms with Crippen molar-refractivity contribution in [2.45, 2.75) is 27.4 Å². The highest BCUT2D eigenvalue weighted by Gasteiger charge is 2.28. The van der Waals surface area contributed by atoms with Gasteiger partial charge in [0.05, 0.1) is 12.0 Å². The number of aliphatic hydroxyl groups is 1. The molecule has 2 N–H and O–H groups in total. The summed E-state index contributed by atoms with van der Waals surface area (Å²) in [4.78, 5) is 10.9. The first-order chi connectivity index (χ1) is 7.86. The summed E-state index contributed by atoms with van der Waals surface area (Å²) >= 11 is 0. The second-order valence-electron chi connectivity index (χ2n) is 4.75. The van der Waals surface area contributed by atoms with Crippen molar-refractivity contribution < 1.29 is 19.7 Å². The highest BCUT2D eigenvalue weighted by molar-refractivity contribution is 5.73. The lowest BCUT2D eigenvalue weighted by molar-refractivity contribution is -0.148. The van der Waals surface area contributed by atoms with Crippen LogP contribution in [0.5, 0.6) is 5.75 Å². The molecule has 0 saturated carbocycles. The molecule has 0 aliphatic rings. The van der Waals surface area contributed by atoms with Gasteiger partial charge in [-0.1, -0.05) is 17.7 Å². The van der Waals surface area contributed by atoms with Gasteiger partial charge in [0.15, 0.2) is 0 Å². The van der Waals surface area contributed by atoms with E-state index in [2.05, 4.69) is 0 Å². The van der Waals surface area contributed by atoms with E-state index in [-0.39, 0.29) is 13.2 Å². The molecule has 0 radical (unpaired) electrons. The van der Waals surface area contributed by atoms with Gasteiger partial charge >= 0.3 is 5.97 Å². The summed E-state index contributed by atoms with van der Waals surface area (Å²) in [5.41, 5.74) is 0.752. The number of aryl methyl sites for hydroxylation is 1. The minimum absolute atomic E-state index is 0.0679. The number of aliphatic carboxylic acids is 1. The smallest absolute Gasteiger partial charge is 0.312 e. The molecule has 1 aromatic rings. The second-order valence-corrected chi connectivity index (χ2v) is 4.75. The SMILES string of the molecule is Cc1ccc(OCC(C)(C)C(=O)O)c(CO)c1. The Morgan fingerprint density at radius 1 is 1.41 bits per heavy atom. The van der Waals surface area contributed by atoms with E-state index in [1.54, 1.807) is 19.9 Å². The maximum atomic E-state index is 10.9. The van der Waals surface area contributed by atoms with Gasteiger partial charge in [-0.2, -0.15) is 0 Å². The molecule has 0 aromatic heterocycles. The second kappa shape index (κ2) is 5.19. The van der Waals surface area contributed by atoms with Crippen molar-refractivity contribution in [1.29, 1.82) is 0 Å². The topological polar surface area (TPSA) is 66.8 Å². The van der Waals surface area contributed by atoms with Crippen molar-refractivity contribution in [3.05, 3.63) is 29.3 Å². The predicted molar refractivity (Wildman–Crippen MR) is 64.0 cm³/mol. The third kappa shape index (κ3) is 3.46. The molecule has 4 nitrogen and oxygen atoms in total. The van der Waals surface area contributed by atoms with Gasteiger partial charge in [-0.15, -0.1) is 0 Å². The van der Waals surface area contributed by atoms with E-state index in [1.165, 1.54) is 0 Å². The van der Waals surface area contributed by atoms with Gasteiger partial charge in [0.2, 0.25) is 0 Å². The summed E-state index contributed by atoms with van der Waals surface area (Å²) in [6, 6.07) is 5.43. The van der Waals surface area contributed by atoms with Crippen LogP contribution in [0.4, 0.5) is 0 Å². The van der Waals surface area contributed by atoms with E-state index >= 15 is 0 Å². The molecule has 0 atom stereocenters. The average molecular weight is 238 g/mol. The summed E-state index contributed by atoms with van der Waals surface area (Å²) in [5.74, 6) is -0.373. The maximum absolute atomic E-state index is 10.9. The van der Waals surface area contributed by atoms with Crippen molar-refractivity contribution in [2.75, 3.05) is 6.61 Å². The molecule has 0 amide bonds. The summed E-state index contributed by atoms with van der Waals surface area (Å²) < 4.78 is 5.47. The summed E-state index contributed by atoms with van der Waals surface area (Å²) in [6.07, 6.45) is 0. The molecule has 1 aromatic carbocycles. The van der Waals surface area contributed by atoms with E-state index in [0.29, 0.717) is 11.3 Å². The zero-order valence-corrected chi connectivity index (χ0v) is 10.4. The first-order valence-corrected chi connectivity index (χ1v) is 5.43. The normalized spacial score (nSPS) is 11.3. The maximum Gasteiger partial charge on any atom is 0.312 e. The first kappa shape index (κ1) is 13.5. The Morgan fingerprint density at radius 3 is 2.59 bits per heavy atom. The zero-order chi connectivity index (χ0) is 13.1. The van der Waals surface area contributed by atoms with Crippen molar-refractivity contribution >= 4 is 5.97 Å². The number of rotatable bonds is 5. The van der Waals surface area contributed by atoms with Crippen LogP contribution in [0.15, 0.2) is 18.2 Å². The van der Waals surface area contributed by atoms with Crippen LogP contribution in [0.25, 0.3) is 0 Å². The third-order valence-electron chi connectivity index (χ3n) is 2.55.